The number of esters is 2. The SMILES string of the molecule is O=C(OC1Cc2ccccc2CC1OC(=O)c1cc(F)c(F)c(F)c1)c1cc(F)c(F)c(F)c1. The van der Waals surface area contributed by atoms with Crippen LogP contribution in [0.5, 0.6) is 0 Å². The first-order valence-corrected chi connectivity index (χ1v) is 9.92. The Kier molecular flexibility index (Phi) is 6.32. The lowest BCUT2D eigenvalue weighted by atomic mass is 9.87. The molecule has 0 amide bonds. The van der Waals surface area contributed by atoms with Crippen molar-refractivity contribution in [2.24, 2.45) is 0 Å². The van der Waals surface area contributed by atoms with Gasteiger partial charge in [0.25, 0.3) is 0 Å². The Bertz CT molecular complexity index is 1150. The van der Waals surface area contributed by atoms with Crippen LogP contribution in [0.4, 0.5) is 26.3 Å². The van der Waals surface area contributed by atoms with Crippen molar-refractivity contribution in [3.05, 3.63) is 106 Å². The molecule has 0 N–H and O–H groups in total. The van der Waals surface area contributed by atoms with Crippen LogP contribution >= 0.6 is 0 Å². The van der Waals surface area contributed by atoms with Gasteiger partial charge in [-0.2, -0.15) is 0 Å². The van der Waals surface area contributed by atoms with Gasteiger partial charge in [0.05, 0.1) is 11.1 Å². The average molecular weight is 480 g/mol. The van der Waals surface area contributed by atoms with E-state index < -0.39 is 70.2 Å². The summed E-state index contributed by atoms with van der Waals surface area (Å²) in [6.07, 6.45) is -2.23. The number of halogens is 6. The molecule has 0 heterocycles. The van der Waals surface area contributed by atoms with Gasteiger partial charge in [-0.3, -0.25) is 0 Å². The third kappa shape index (κ3) is 4.61. The third-order valence-corrected chi connectivity index (χ3v) is 5.33. The summed E-state index contributed by atoms with van der Waals surface area (Å²) in [6.45, 7) is 0. The van der Waals surface area contributed by atoms with E-state index in [-0.39, 0.29) is 12.8 Å². The molecule has 0 radical (unpaired) electrons. The number of carbonyl (C=O) groups is 2. The molecule has 4 rings (SSSR count). The van der Waals surface area contributed by atoms with E-state index in [1.165, 1.54) is 0 Å². The van der Waals surface area contributed by atoms with Crippen LogP contribution in [0.15, 0.2) is 48.5 Å². The molecule has 1 aliphatic rings. The molecular weight excluding hydrogens is 466 g/mol. The molecular formula is C24H14F6O4. The number of benzene rings is 3. The monoisotopic (exact) mass is 480 g/mol. The van der Waals surface area contributed by atoms with Crippen molar-refractivity contribution >= 4 is 11.9 Å². The molecule has 0 aromatic heterocycles. The highest BCUT2D eigenvalue weighted by atomic mass is 19.2. The van der Waals surface area contributed by atoms with Crippen molar-refractivity contribution in [3.8, 4) is 0 Å². The average Bonchev–Trinajstić information content (AvgIpc) is 2.80. The standard InChI is InChI=1S/C24H14F6O4/c25-15-5-13(6-16(26)21(15)29)23(31)33-19-9-11-3-1-2-4-12(11)10-20(19)34-24(32)14-7-17(27)22(30)18(28)8-14/h1-8,19-20H,9-10H2. The third-order valence-electron chi connectivity index (χ3n) is 5.33. The van der Waals surface area contributed by atoms with Gasteiger partial charge in [0, 0.05) is 12.8 Å². The van der Waals surface area contributed by atoms with Crippen molar-refractivity contribution in [2.45, 2.75) is 25.0 Å². The van der Waals surface area contributed by atoms with Crippen LogP contribution in [0.3, 0.4) is 0 Å². The second-order valence-corrected chi connectivity index (χ2v) is 7.57. The summed E-state index contributed by atoms with van der Waals surface area (Å²) < 4.78 is 91.2. The molecule has 1 aliphatic carbocycles. The molecule has 176 valence electrons. The molecule has 34 heavy (non-hydrogen) atoms. The molecule has 2 atom stereocenters. The first-order chi connectivity index (χ1) is 16.1. The molecule has 0 saturated heterocycles. The Morgan fingerprint density at radius 3 is 1.26 bits per heavy atom. The Hall–Kier alpha value is -3.82. The van der Waals surface area contributed by atoms with E-state index in [4.69, 9.17) is 9.47 Å². The zero-order chi connectivity index (χ0) is 24.6. The smallest absolute Gasteiger partial charge is 0.338 e. The molecule has 0 spiro atoms. The van der Waals surface area contributed by atoms with Crippen LogP contribution in [0.2, 0.25) is 0 Å². The molecule has 0 fully saturated rings. The van der Waals surface area contributed by atoms with Gasteiger partial charge in [-0.1, -0.05) is 24.3 Å². The Morgan fingerprint density at radius 1 is 0.618 bits per heavy atom. The van der Waals surface area contributed by atoms with E-state index in [2.05, 4.69) is 0 Å². The molecule has 10 heteroatoms. The fourth-order valence-corrected chi connectivity index (χ4v) is 3.65. The van der Waals surface area contributed by atoms with E-state index in [1.54, 1.807) is 24.3 Å². The topological polar surface area (TPSA) is 52.6 Å². The van der Waals surface area contributed by atoms with Gasteiger partial charge in [-0.25, -0.2) is 35.9 Å². The number of hydrogen-bond donors (Lipinski definition) is 0. The molecule has 0 bridgehead atoms. The summed E-state index contributed by atoms with van der Waals surface area (Å²) in [5.41, 5.74) is 0.261. The van der Waals surface area contributed by atoms with E-state index in [1.807, 2.05) is 0 Å². The fraction of sp³-hybridized carbons (Fsp3) is 0.167. The maximum absolute atomic E-state index is 13.5. The Morgan fingerprint density at radius 2 is 0.941 bits per heavy atom. The summed E-state index contributed by atoms with van der Waals surface area (Å²) in [6, 6.07) is 8.75. The predicted molar refractivity (Wildman–Crippen MR) is 105 cm³/mol. The minimum absolute atomic E-state index is 0.0398. The molecule has 2 unspecified atom stereocenters. The van der Waals surface area contributed by atoms with E-state index in [0.717, 1.165) is 11.1 Å². The van der Waals surface area contributed by atoms with Gasteiger partial charge in [0.1, 0.15) is 12.2 Å². The van der Waals surface area contributed by atoms with Crippen LogP contribution < -0.4 is 0 Å². The fourth-order valence-electron chi connectivity index (χ4n) is 3.65. The van der Waals surface area contributed by atoms with Crippen molar-refractivity contribution in [1.29, 1.82) is 0 Å². The lowest BCUT2D eigenvalue weighted by Gasteiger charge is -2.32. The van der Waals surface area contributed by atoms with E-state index in [9.17, 15) is 35.9 Å². The number of hydrogen-bond acceptors (Lipinski definition) is 4. The van der Waals surface area contributed by atoms with Crippen LogP contribution in [-0.4, -0.2) is 24.1 Å². The Balaban J connectivity index is 1.60. The highest BCUT2D eigenvalue weighted by Gasteiger charge is 2.35. The highest BCUT2D eigenvalue weighted by molar-refractivity contribution is 5.90. The summed E-state index contributed by atoms with van der Waals surface area (Å²) in [5.74, 6) is -12.3. The van der Waals surface area contributed by atoms with Crippen LogP contribution in [-0.2, 0) is 22.3 Å². The van der Waals surface area contributed by atoms with Crippen LogP contribution in [0.1, 0.15) is 31.8 Å². The molecule has 0 aliphatic heterocycles. The van der Waals surface area contributed by atoms with Crippen LogP contribution in [0.25, 0.3) is 0 Å². The van der Waals surface area contributed by atoms with Crippen molar-refractivity contribution in [2.75, 3.05) is 0 Å². The minimum Gasteiger partial charge on any atom is -0.454 e. The van der Waals surface area contributed by atoms with Gasteiger partial charge in [0.15, 0.2) is 34.9 Å². The lowest BCUT2D eigenvalue weighted by molar-refractivity contribution is -0.0390. The summed E-state index contributed by atoms with van der Waals surface area (Å²) in [4.78, 5) is 25.0. The summed E-state index contributed by atoms with van der Waals surface area (Å²) >= 11 is 0. The van der Waals surface area contributed by atoms with Gasteiger partial charge in [-0.05, 0) is 35.4 Å². The predicted octanol–water partition coefficient (Wildman–Crippen LogP) is 5.07. The molecule has 4 nitrogen and oxygen atoms in total. The molecule has 3 aromatic carbocycles. The molecule has 0 saturated carbocycles. The number of rotatable bonds is 4. The number of ether oxygens (including phenoxy) is 2. The lowest BCUT2D eigenvalue weighted by Crippen LogP contribution is -2.41. The van der Waals surface area contributed by atoms with Gasteiger partial charge < -0.3 is 9.47 Å². The van der Waals surface area contributed by atoms with Gasteiger partial charge in [0.2, 0.25) is 0 Å². The maximum atomic E-state index is 13.5. The largest absolute Gasteiger partial charge is 0.454 e. The Labute approximate surface area is 188 Å². The second-order valence-electron chi connectivity index (χ2n) is 7.57. The maximum Gasteiger partial charge on any atom is 0.338 e. The number of carbonyl (C=O) groups excluding carboxylic acids is 2. The number of fused-ring (bicyclic) bond motifs is 1. The molecule has 3 aromatic rings. The van der Waals surface area contributed by atoms with Gasteiger partial charge >= 0.3 is 11.9 Å². The van der Waals surface area contributed by atoms with E-state index in [0.29, 0.717) is 24.3 Å². The van der Waals surface area contributed by atoms with Crippen molar-refractivity contribution in [3.63, 3.8) is 0 Å². The first-order valence-electron chi connectivity index (χ1n) is 9.92. The first kappa shape index (κ1) is 23.3. The summed E-state index contributed by atoms with van der Waals surface area (Å²) in [7, 11) is 0. The van der Waals surface area contributed by atoms with E-state index >= 15 is 0 Å². The normalized spacial score (nSPS) is 17.1. The minimum atomic E-state index is -1.76. The second kappa shape index (κ2) is 9.20. The summed E-state index contributed by atoms with van der Waals surface area (Å²) in [5, 5.41) is 0. The zero-order valence-corrected chi connectivity index (χ0v) is 17.1. The van der Waals surface area contributed by atoms with Gasteiger partial charge in [-0.15, -0.1) is 0 Å². The van der Waals surface area contributed by atoms with Crippen molar-refractivity contribution in [1.82, 2.24) is 0 Å². The highest BCUT2D eigenvalue weighted by Crippen LogP contribution is 2.28. The quantitative estimate of drug-likeness (QED) is 0.297. The van der Waals surface area contributed by atoms with Crippen LogP contribution in [0, 0.1) is 34.9 Å². The van der Waals surface area contributed by atoms with Crippen molar-refractivity contribution < 1.29 is 45.4 Å². The zero-order valence-electron chi connectivity index (χ0n) is 17.1.